The molecular weight excluding hydrogens is 345 g/mol. The van der Waals surface area contributed by atoms with Crippen molar-refractivity contribution in [1.29, 1.82) is 0 Å². The molecule has 0 saturated carbocycles. The van der Waals surface area contributed by atoms with Gasteiger partial charge in [0.25, 0.3) is 0 Å². The lowest BCUT2D eigenvalue weighted by atomic mass is 10.1. The predicted molar refractivity (Wildman–Crippen MR) is 103 cm³/mol. The Labute approximate surface area is 157 Å². The van der Waals surface area contributed by atoms with E-state index >= 15 is 0 Å². The Morgan fingerprint density at radius 3 is 2.52 bits per heavy atom. The van der Waals surface area contributed by atoms with Gasteiger partial charge in [-0.15, -0.1) is 0 Å². The number of nitrogens with zero attached hydrogens (tertiary/aromatic N) is 1. The number of anilines is 2. The number of hydrogen-bond donors (Lipinski definition) is 2. The minimum absolute atomic E-state index is 0.0359. The third kappa shape index (κ3) is 5.28. The first-order valence-corrected chi connectivity index (χ1v) is 8.50. The monoisotopic (exact) mass is 365 g/mol. The van der Waals surface area contributed by atoms with Crippen molar-refractivity contribution in [1.82, 2.24) is 4.98 Å². The van der Waals surface area contributed by atoms with Crippen LogP contribution in [-0.4, -0.2) is 18.0 Å². The van der Waals surface area contributed by atoms with Gasteiger partial charge in [-0.3, -0.25) is 4.79 Å². The maximum Gasteiger partial charge on any atom is 0.230 e. The van der Waals surface area contributed by atoms with E-state index in [1.165, 1.54) is 6.07 Å². The number of aromatic nitrogens is 1. The molecule has 2 N–H and O–H groups in total. The molecule has 1 amide bonds. The molecule has 0 atom stereocenters. The highest BCUT2D eigenvalue weighted by Gasteiger charge is 2.08. The molecule has 6 heteroatoms. The van der Waals surface area contributed by atoms with Gasteiger partial charge in [-0.2, -0.15) is 0 Å². The van der Waals surface area contributed by atoms with Crippen molar-refractivity contribution >= 4 is 17.4 Å². The van der Waals surface area contributed by atoms with Crippen molar-refractivity contribution in [3.8, 4) is 5.75 Å². The summed E-state index contributed by atoms with van der Waals surface area (Å²) in [5.41, 5.74) is 2.30. The summed E-state index contributed by atoms with van der Waals surface area (Å²) >= 11 is 0. The van der Waals surface area contributed by atoms with Crippen molar-refractivity contribution in [2.75, 3.05) is 17.7 Å². The molecule has 0 spiro atoms. The first-order valence-electron chi connectivity index (χ1n) is 8.50. The first kappa shape index (κ1) is 18.4. The van der Waals surface area contributed by atoms with Gasteiger partial charge in [0.15, 0.2) is 0 Å². The van der Waals surface area contributed by atoms with Gasteiger partial charge in [-0.25, -0.2) is 9.37 Å². The lowest BCUT2D eigenvalue weighted by Crippen LogP contribution is -2.16. The number of hydrogen-bond acceptors (Lipinski definition) is 4. The average Bonchev–Trinajstić information content (AvgIpc) is 2.69. The Kier molecular flexibility index (Phi) is 5.99. The highest BCUT2D eigenvalue weighted by Crippen LogP contribution is 2.15. The van der Waals surface area contributed by atoms with Crippen molar-refractivity contribution in [2.45, 2.75) is 13.0 Å². The summed E-state index contributed by atoms with van der Waals surface area (Å²) < 4.78 is 18.7. The van der Waals surface area contributed by atoms with Gasteiger partial charge >= 0.3 is 0 Å². The number of halogens is 1. The Morgan fingerprint density at radius 2 is 1.85 bits per heavy atom. The van der Waals surface area contributed by atoms with Crippen LogP contribution in [0.15, 0.2) is 66.9 Å². The molecule has 138 valence electrons. The molecule has 27 heavy (non-hydrogen) atoms. The molecule has 0 aliphatic heterocycles. The summed E-state index contributed by atoms with van der Waals surface area (Å²) in [6.07, 6.45) is 1.61. The molecule has 1 aromatic heterocycles. The summed E-state index contributed by atoms with van der Waals surface area (Å²) in [4.78, 5) is 16.3. The largest absolute Gasteiger partial charge is 0.497 e. The van der Waals surface area contributed by atoms with Crippen LogP contribution >= 0.6 is 0 Å². The zero-order chi connectivity index (χ0) is 19.1. The highest BCUT2D eigenvalue weighted by molar-refractivity contribution is 5.91. The van der Waals surface area contributed by atoms with E-state index < -0.39 is 5.82 Å². The third-order valence-corrected chi connectivity index (χ3v) is 4.00. The van der Waals surface area contributed by atoms with Crippen molar-refractivity contribution in [2.24, 2.45) is 0 Å². The highest BCUT2D eigenvalue weighted by atomic mass is 19.1. The number of carbonyl (C=O) groups excluding carboxylic acids is 1. The second-order valence-electron chi connectivity index (χ2n) is 5.95. The molecule has 0 aliphatic rings. The number of amides is 1. The van der Waals surface area contributed by atoms with Crippen LogP contribution in [0.5, 0.6) is 5.75 Å². The van der Waals surface area contributed by atoms with Gasteiger partial charge in [0, 0.05) is 6.54 Å². The smallest absolute Gasteiger partial charge is 0.230 e. The Balaban J connectivity index is 1.52. The topological polar surface area (TPSA) is 63.2 Å². The first-order chi connectivity index (χ1) is 13.1. The lowest BCUT2D eigenvalue weighted by molar-refractivity contribution is -0.115. The molecule has 0 radical (unpaired) electrons. The number of carbonyl (C=O) groups is 1. The van der Waals surface area contributed by atoms with Gasteiger partial charge in [0.2, 0.25) is 5.91 Å². The quantitative estimate of drug-likeness (QED) is 0.664. The Morgan fingerprint density at radius 1 is 1.07 bits per heavy atom. The van der Waals surface area contributed by atoms with E-state index in [0.717, 1.165) is 17.0 Å². The second kappa shape index (κ2) is 8.80. The number of nitrogens with one attached hydrogen (secondary N) is 2. The van der Waals surface area contributed by atoms with Gasteiger partial charge in [0.1, 0.15) is 17.4 Å². The van der Waals surface area contributed by atoms with E-state index in [4.69, 9.17) is 4.74 Å². The number of rotatable bonds is 7. The fourth-order valence-electron chi connectivity index (χ4n) is 2.52. The fourth-order valence-corrected chi connectivity index (χ4v) is 2.52. The van der Waals surface area contributed by atoms with Crippen molar-refractivity contribution in [3.63, 3.8) is 0 Å². The van der Waals surface area contributed by atoms with Crippen LogP contribution in [0.3, 0.4) is 0 Å². The van der Waals surface area contributed by atoms with Crippen molar-refractivity contribution < 1.29 is 13.9 Å². The lowest BCUT2D eigenvalue weighted by Gasteiger charge is -2.09. The maximum atomic E-state index is 13.6. The molecule has 2 aromatic carbocycles. The second-order valence-corrected chi connectivity index (χ2v) is 5.95. The summed E-state index contributed by atoms with van der Waals surface area (Å²) in [5.74, 6) is 0.535. The van der Waals surface area contributed by atoms with Crippen LogP contribution in [0.25, 0.3) is 0 Å². The standard InChI is InChI=1S/C21H20FN3O2/c1-27-18-9-6-15(7-10-18)13-23-17-8-11-20(24-14-17)25-21(26)12-16-4-2-3-5-19(16)22/h2-11,14,23H,12-13H2,1H3,(H,24,25,26). The zero-order valence-electron chi connectivity index (χ0n) is 14.9. The molecule has 0 aliphatic carbocycles. The molecule has 0 unspecified atom stereocenters. The van der Waals surface area contributed by atoms with Crippen LogP contribution in [-0.2, 0) is 17.8 Å². The van der Waals surface area contributed by atoms with Crippen LogP contribution in [0.4, 0.5) is 15.9 Å². The molecule has 0 saturated heterocycles. The van der Waals surface area contributed by atoms with Gasteiger partial charge in [-0.1, -0.05) is 30.3 Å². The molecule has 5 nitrogen and oxygen atoms in total. The van der Waals surface area contributed by atoms with Crippen LogP contribution in [0.1, 0.15) is 11.1 Å². The van der Waals surface area contributed by atoms with Crippen molar-refractivity contribution in [3.05, 3.63) is 83.8 Å². The minimum atomic E-state index is -0.390. The Hall–Kier alpha value is -3.41. The molecular formula is C21H20FN3O2. The molecule has 3 aromatic rings. The van der Waals surface area contributed by atoms with Gasteiger partial charge in [0.05, 0.1) is 25.4 Å². The van der Waals surface area contributed by atoms with E-state index in [0.29, 0.717) is 17.9 Å². The van der Waals surface area contributed by atoms with Gasteiger partial charge < -0.3 is 15.4 Å². The SMILES string of the molecule is COc1ccc(CNc2ccc(NC(=O)Cc3ccccc3F)nc2)cc1. The summed E-state index contributed by atoms with van der Waals surface area (Å²) in [7, 11) is 1.63. The molecule has 0 fully saturated rings. The summed E-state index contributed by atoms with van der Waals surface area (Å²) in [6, 6.07) is 17.5. The Bertz CT molecular complexity index is 896. The van der Waals surface area contributed by atoms with E-state index in [1.54, 1.807) is 37.6 Å². The minimum Gasteiger partial charge on any atom is -0.497 e. The molecule has 3 rings (SSSR count). The number of benzene rings is 2. The number of pyridine rings is 1. The van der Waals surface area contributed by atoms with Gasteiger partial charge in [-0.05, 0) is 41.5 Å². The zero-order valence-corrected chi connectivity index (χ0v) is 14.9. The molecule has 1 heterocycles. The predicted octanol–water partition coefficient (Wildman–Crippen LogP) is 4.02. The van der Waals surface area contributed by atoms with Crippen LogP contribution in [0, 0.1) is 5.82 Å². The third-order valence-electron chi connectivity index (χ3n) is 4.00. The van der Waals surface area contributed by atoms with E-state index in [1.807, 2.05) is 30.3 Å². The van der Waals surface area contributed by atoms with E-state index in [2.05, 4.69) is 15.6 Å². The fraction of sp³-hybridized carbons (Fsp3) is 0.143. The number of ether oxygens (including phenoxy) is 1. The molecule has 0 bridgehead atoms. The summed E-state index contributed by atoms with van der Waals surface area (Å²) in [5, 5.41) is 5.93. The van der Waals surface area contributed by atoms with E-state index in [-0.39, 0.29) is 12.3 Å². The average molecular weight is 365 g/mol. The van der Waals surface area contributed by atoms with Crippen LogP contribution in [0.2, 0.25) is 0 Å². The van der Waals surface area contributed by atoms with Crippen LogP contribution < -0.4 is 15.4 Å². The normalized spacial score (nSPS) is 10.3. The van der Waals surface area contributed by atoms with E-state index in [9.17, 15) is 9.18 Å². The number of methoxy groups -OCH3 is 1. The summed E-state index contributed by atoms with van der Waals surface area (Å²) in [6.45, 7) is 0.644. The maximum absolute atomic E-state index is 13.6.